The van der Waals surface area contributed by atoms with E-state index in [2.05, 4.69) is 30.8 Å². The van der Waals surface area contributed by atoms with Crippen LogP contribution in [0.4, 0.5) is 0 Å². The fourth-order valence-corrected chi connectivity index (χ4v) is 1.66. The van der Waals surface area contributed by atoms with Crippen molar-refractivity contribution in [3.8, 4) is 0 Å². The maximum atomic E-state index is 10.6. The molecule has 0 aromatic carbocycles. The zero-order chi connectivity index (χ0) is 13.1. The summed E-state index contributed by atoms with van der Waals surface area (Å²) in [6.07, 6.45) is 3.94. The normalized spacial score (nSPS) is 12.1. The molecule has 0 amide bonds. The number of hydrogen-bond acceptors (Lipinski definition) is 3. The molecule has 0 atom stereocenters. The van der Waals surface area contributed by atoms with Gasteiger partial charge in [0, 0.05) is 37.4 Å². The number of carbonyl (C=O) groups is 1. The molecule has 0 saturated heterocycles. The van der Waals surface area contributed by atoms with Gasteiger partial charge in [0.2, 0.25) is 0 Å². The van der Waals surface area contributed by atoms with Crippen LogP contribution in [-0.2, 0) is 18.4 Å². The third-order valence-electron chi connectivity index (χ3n) is 2.68. The molecule has 0 radical (unpaired) electrons. The maximum absolute atomic E-state index is 10.6. The van der Waals surface area contributed by atoms with E-state index < -0.39 is 5.97 Å². The fraction of sp³-hybridized carbons (Fsp3) is 0.667. The summed E-state index contributed by atoms with van der Waals surface area (Å²) in [5.74, 6) is -0.759. The lowest BCUT2D eigenvalue weighted by atomic mass is 10.0. The monoisotopic (exact) mass is 239 g/mol. The summed E-state index contributed by atoms with van der Waals surface area (Å²) in [6, 6.07) is 0. The van der Waals surface area contributed by atoms with Crippen molar-refractivity contribution in [3.63, 3.8) is 0 Å². The molecule has 1 N–H and O–H groups in total. The van der Waals surface area contributed by atoms with Gasteiger partial charge in [-0.15, -0.1) is 0 Å². The van der Waals surface area contributed by atoms with Crippen LogP contribution in [0.25, 0.3) is 0 Å². The number of aliphatic carboxylic acids is 1. The average molecular weight is 239 g/mol. The summed E-state index contributed by atoms with van der Waals surface area (Å²) < 4.78 is 1.76. The molecule has 0 spiro atoms. The minimum atomic E-state index is -0.759. The van der Waals surface area contributed by atoms with Crippen LogP contribution in [0, 0.1) is 0 Å². The number of nitrogens with zero attached hydrogens (tertiary/aromatic N) is 3. The number of aryl methyl sites for hydroxylation is 1. The Labute approximate surface area is 102 Å². The molecule has 0 bridgehead atoms. The van der Waals surface area contributed by atoms with Gasteiger partial charge in [0.05, 0.1) is 12.6 Å². The van der Waals surface area contributed by atoms with E-state index in [-0.39, 0.29) is 12.0 Å². The van der Waals surface area contributed by atoms with Gasteiger partial charge in [-0.2, -0.15) is 5.10 Å². The first-order valence-electron chi connectivity index (χ1n) is 5.73. The van der Waals surface area contributed by atoms with E-state index in [4.69, 9.17) is 5.11 Å². The van der Waals surface area contributed by atoms with Gasteiger partial charge >= 0.3 is 5.97 Å². The maximum Gasteiger partial charge on any atom is 0.304 e. The molecular formula is C12H21N3O2. The lowest BCUT2D eigenvalue weighted by Crippen LogP contribution is -2.41. The van der Waals surface area contributed by atoms with Crippen molar-refractivity contribution in [1.29, 1.82) is 0 Å². The molecule has 1 aromatic rings. The van der Waals surface area contributed by atoms with Gasteiger partial charge in [0.25, 0.3) is 0 Å². The summed E-state index contributed by atoms with van der Waals surface area (Å²) in [5.41, 5.74) is 1.05. The quantitative estimate of drug-likeness (QED) is 0.846. The number of carboxylic acids is 1. The minimum absolute atomic E-state index is 0.0503. The summed E-state index contributed by atoms with van der Waals surface area (Å²) in [7, 11) is 1.88. The van der Waals surface area contributed by atoms with E-state index in [0.29, 0.717) is 6.54 Å². The highest BCUT2D eigenvalue weighted by Gasteiger charge is 2.22. The van der Waals surface area contributed by atoms with Gasteiger partial charge in [0.1, 0.15) is 0 Å². The third kappa shape index (κ3) is 4.56. The smallest absolute Gasteiger partial charge is 0.304 e. The first-order valence-corrected chi connectivity index (χ1v) is 5.73. The highest BCUT2D eigenvalue weighted by atomic mass is 16.4. The van der Waals surface area contributed by atoms with Crippen molar-refractivity contribution >= 4 is 5.97 Å². The lowest BCUT2D eigenvalue weighted by Gasteiger charge is -2.35. The Morgan fingerprint density at radius 2 is 2.18 bits per heavy atom. The Kier molecular flexibility index (Phi) is 4.28. The summed E-state index contributed by atoms with van der Waals surface area (Å²) in [5, 5.41) is 12.9. The van der Waals surface area contributed by atoms with Crippen LogP contribution in [0.3, 0.4) is 0 Å². The molecule has 0 aliphatic rings. The van der Waals surface area contributed by atoms with Gasteiger partial charge in [0.15, 0.2) is 0 Å². The molecule has 5 nitrogen and oxygen atoms in total. The average Bonchev–Trinajstić information content (AvgIpc) is 2.56. The Morgan fingerprint density at radius 3 is 2.59 bits per heavy atom. The SMILES string of the molecule is Cn1cc(CN(CCC(=O)O)C(C)(C)C)cn1. The van der Waals surface area contributed by atoms with Crippen molar-refractivity contribution in [2.75, 3.05) is 6.54 Å². The second-order valence-electron chi connectivity index (χ2n) is 5.26. The van der Waals surface area contributed by atoms with E-state index in [1.54, 1.807) is 4.68 Å². The molecule has 1 heterocycles. The number of aromatic nitrogens is 2. The molecule has 0 saturated carbocycles. The predicted molar refractivity (Wildman–Crippen MR) is 65.6 cm³/mol. The Bertz CT molecular complexity index is 379. The van der Waals surface area contributed by atoms with Crippen molar-refractivity contribution in [2.24, 2.45) is 7.05 Å². The van der Waals surface area contributed by atoms with Crippen molar-refractivity contribution in [2.45, 2.75) is 39.3 Å². The van der Waals surface area contributed by atoms with E-state index in [1.165, 1.54) is 0 Å². The first-order chi connectivity index (χ1) is 7.79. The van der Waals surface area contributed by atoms with Gasteiger partial charge in [-0.05, 0) is 20.8 Å². The Morgan fingerprint density at radius 1 is 1.53 bits per heavy atom. The highest BCUT2D eigenvalue weighted by molar-refractivity contribution is 5.66. The molecule has 1 aromatic heterocycles. The molecule has 0 fully saturated rings. The topological polar surface area (TPSA) is 58.4 Å². The molecule has 0 aliphatic heterocycles. The van der Waals surface area contributed by atoms with E-state index in [1.807, 2.05) is 19.4 Å². The van der Waals surface area contributed by atoms with Crippen LogP contribution < -0.4 is 0 Å². The van der Waals surface area contributed by atoms with E-state index in [9.17, 15) is 4.79 Å². The highest BCUT2D eigenvalue weighted by Crippen LogP contribution is 2.17. The van der Waals surface area contributed by atoms with Crippen LogP contribution in [0.15, 0.2) is 12.4 Å². The van der Waals surface area contributed by atoms with Gasteiger partial charge in [-0.1, -0.05) is 0 Å². The zero-order valence-corrected chi connectivity index (χ0v) is 11.0. The molecule has 5 heteroatoms. The van der Waals surface area contributed by atoms with Crippen LogP contribution in [0.2, 0.25) is 0 Å². The largest absolute Gasteiger partial charge is 0.481 e. The van der Waals surface area contributed by atoms with Crippen LogP contribution in [0.5, 0.6) is 0 Å². The second-order valence-corrected chi connectivity index (χ2v) is 5.26. The van der Waals surface area contributed by atoms with Gasteiger partial charge in [-0.3, -0.25) is 14.4 Å². The van der Waals surface area contributed by atoms with Crippen LogP contribution >= 0.6 is 0 Å². The lowest BCUT2D eigenvalue weighted by molar-refractivity contribution is -0.137. The van der Waals surface area contributed by atoms with Crippen LogP contribution in [0.1, 0.15) is 32.8 Å². The van der Waals surface area contributed by atoms with Crippen molar-refractivity contribution in [3.05, 3.63) is 18.0 Å². The zero-order valence-electron chi connectivity index (χ0n) is 11.0. The molecule has 17 heavy (non-hydrogen) atoms. The molecule has 0 unspecified atom stereocenters. The van der Waals surface area contributed by atoms with E-state index >= 15 is 0 Å². The standard InChI is InChI=1S/C12H21N3O2/c1-12(2,3)15(6-5-11(16)17)9-10-7-13-14(4)8-10/h7-8H,5-6,9H2,1-4H3,(H,16,17). The predicted octanol–water partition coefficient (Wildman–Crippen LogP) is 1.50. The fourth-order valence-electron chi connectivity index (χ4n) is 1.66. The van der Waals surface area contributed by atoms with Gasteiger partial charge in [-0.25, -0.2) is 0 Å². The number of rotatable bonds is 5. The number of hydrogen-bond donors (Lipinski definition) is 1. The van der Waals surface area contributed by atoms with E-state index in [0.717, 1.165) is 12.1 Å². The molecule has 96 valence electrons. The summed E-state index contributed by atoms with van der Waals surface area (Å²) in [4.78, 5) is 12.8. The molecular weight excluding hydrogens is 218 g/mol. The first kappa shape index (κ1) is 13.7. The Balaban J connectivity index is 2.67. The van der Waals surface area contributed by atoms with Gasteiger partial charge < -0.3 is 5.11 Å². The summed E-state index contributed by atoms with van der Waals surface area (Å²) >= 11 is 0. The number of carboxylic acid groups (broad SMARTS) is 1. The van der Waals surface area contributed by atoms with Crippen LogP contribution in [-0.4, -0.2) is 37.8 Å². The molecule has 0 aliphatic carbocycles. The minimum Gasteiger partial charge on any atom is -0.481 e. The molecule has 1 rings (SSSR count). The second kappa shape index (κ2) is 5.31. The van der Waals surface area contributed by atoms with Crippen molar-refractivity contribution < 1.29 is 9.90 Å². The van der Waals surface area contributed by atoms with Crippen molar-refractivity contribution in [1.82, 2.24) is 14.7 Å². The Hall–Kier alpha value is -1.36. The summed E-state index contributed by atoms with van der Waals surface area (Å²) in [6.45, 7) is 7.54. The third-order valence-corrected chi connectivity index (χ3v) is 2.68.